The van der Waals surface area contributed by atoms with Crippen molar-refractivity contribution in [2.45, 2.75) is 111 Å². The normalized spacial score (nSPS) is 10.6. The summed E-state index contributed by atoms with van der Waals surface area (Å²) in [6, 6.07) is 23.2. The second-order valence-corrected chi connectivity index (χ2v) is 16.5. The lowest BCUT2D eigenvalue weighted by Gasteiger charge is -2.33. The van der Waals surface area contributed by atoms with Crippen molar-refractivity contribution in [1.29, 1.82) is 0 Å². The summed E-state index contributed by atoms with van der Waals surface area (Å²) in [5, 5.41) is 0. The summed E-state index contributed by atoms with van der Waals surface area (Å²) < 4.78 is 15.0. The van der Waals surface area contributed by atoms with Crippen LogP contribution < -0.4 is 16.4 Å². The summed E-state index contributed by atoms with van der Waals surface area (Å²) >= 11 is 0. The third-order valence-corrected chi connectivity index (χ3v) is 13.7. The highest BCUT2D eigenvalue weighted by Crippen LogP contribution is 2.36. The maximum absolute atomic E-state index is 12.3. The SMILES string of the molecule is CC.CC.COC(=O)c1ccc(-c2c(C)c(C)c(B(c3c(C)c(C)c(-c4ccc(C(=O)OC)cc4)c(C)c3C)c3c(C)c(C)c(-c4ccc(C(=O)OC)cc4)c(C)c3C)c(C)c2C)cc1. The Balaban J connectivity index is 0.00000225. The summed E-state index contributed by atoms with van der Waals surface area (Å²) in [6.45, 7) is 34.8. The van der Waals surface area contributed by atoms with Crippen molar-refractivity contribution < 1.29 is 28.6 Å². The van der Waals surface area contributed by atoms with Gasteiger partial charge < -0.3 is 14.2 Å². The van der Waals surface area contributed by atoms with Crippen molar-refractivity contribution in [3.05, 3.63) is 156 Å². The molecule has 0 amide bonds. The lowest BCUT2D eigenvalue weighted by Crippen LogP contribution is -2.58. The minimum absolute atomic E-state index is 0.116. The molecular weight excluding hydrogens is 803 g/mol. The van der Waals surface area contributed by atoms with Crippen LogP contribution in [0.4, 0.5) is 0 Å². The van der Waals surface area contributed by atoms with Gasteiger partial charge in [-0.1, -0.05) is 114 Å². The monoisotopic (exact) mass is 873 g/mol. The number of methoxy groups -OCH3 is 3. The fraction of sp³-hybridized carbons (Fsp3) is 0.328. The van der Waals surface area contributed by atoms with Gasteiger partial charge in [0.15, 0.2) is 0 Å². The molecule has 0 aliphatic rings. The van der Waals surface area contributed by atoms with Crippen LogP contribution >= 0.6 is 0 Å². The molecule has 0 fully saturated rings. The van der Waals surface area contributed by atoms with Gasteiger partial charge in [0, 0.05) is 0 Å². The minimum Gasteiger partial charge on any atom is -0.465 e. The Hall–Kier alpha value is -6.21. The molecule has 0 spiro atoms. The number of ether oxygens (including phenoxy) is 3. The molecule has 0 aromatic heterocycles. The zero-order chi connectivity index (χ0) is 48.8. The third-order valence-electron chi connectivity index (χ3n) is 13.7. The average molecular weight is 873 g/mol. The van der Waals surface area contributed by atoms with Crippen LogP contribution in [0.2, 0.25) is 0 Å². The minimum atomic E-state index is -0.355. The summed E-state index contributed by atoms with van der Waals surface area (Å²) in [6.07, 6.45) is 0. The highest BCUT2D eigenvalue weighted by atomic mass is 16.5. The highest BCUT2D eigenvalue weighted by molar-refractivity contribution is 6.97. The van der Waals surface area contributed by atoms with E-state index in [1.165, 1.54) is 121 Å². The largest absolute Gasteiger partial charge is 0.465 e. The van der Waals surface area contributed by atoms with E-state index in [4.69, 9.17) is 14.2 Å². The van der Waals surface area contributed by atoms with E-state index >= 15 is 0 Å². The molecule has 6 aromatic rings. The van der Waals surface area contributed by atoms with E-state index in [2.05, 4.69) is 83.1 Å². The van der Waals surface area contributed by atoms with Crippen molar-refractivity contribution in [2.75, 3.05) is 21.3 Å². The average Bonchev–Trinajstić information content (AvgIpc) is 3.33. The van der Waals surface area contributed by atoms with Crippen LogP contribution in [0.15, 0.2) is 72.8 Å². The van der Waals surface area contributed by atoms with Gasteiger partial charge in [-0.2, -0.15) is 0 Å². The maximum atomic E-state index is 12.3. The number of hydrogen-bond acceptors (Lipinski definition) is 6. The van der Waals surface area contributed by atoms with Crippen LogP contribution in [-0.2, 0) is 14.2 Å². The first kappa shape index (κ1) is 51.4. The van der Waals surface area contributed by atoms with Gasteiger partial charge in [-0.15, -0.1) is 0 Å². The smallest absolute Gasteiger partial charge is 0.337 e. The van der Waals surface area contributed by atoms with E-state index in [0.29, 0.717) is 16.7 Å². The topological polar surface area (TPSA) is 78.9 Å². The first-order chi connectivity index (χ1) is 30.9. The zero-order valence-corrected chi connectivity index (χ0v) is 42.5. The lowest BCUT2D eigenvalue weighted by atomic mass is 9.32. The number of carbonyl (C=O) groups excluding carboxylic acids is 3. The van der Waals surface area contributed by atoms with Crippen LogP contribution in [0.25, 0.3) is 33.4 Å². The number of hydrogen-bond donors (Lipinski definition) is 0. The Labute approximate surface area is 389 Å². The molecule has 6 rings (SSSR count). The molecule has 6 aromatic carbocycles. The molecule has 7 heteroatoms. The quantitative estimate of drug-likeness (QED) is 0.0818. The summed E-state index contributed by atoms with van der Waals surface area (Å²) in [5.41, 5.74) is 26.7. The van der Waals surface area contributed by atoms with Crippen LogP contribution in [-0.4, -0.2) is 46.0 Å². The van der Waals surface area contributed by atoms with E-state index in [9.17, 15) is 14.4 Å². The molecule has 0 saturated heterocycles. The lowest BCUT2D eigenvalue weighted by molar-refractivity contribution is 0.0592. The van der Waals surface area contributed by atoms with Crippen molar-refractivity contribution in [1.82, 2.24) is 0 Å². The maximum Gasteiger partial charge on any atom is 0.337 e. The zero-order valence-electron chi connectivity index (χ0n) is 42.5. The highest BCUT2D eigenvalue weighted by Gasteiger charge is 2.36. The van der Waals surface area contributed by atoms with Crippen molar-refractivity contribution in [3.8, 4) is 33.4 Å². The number of benzene rings is 6. The Morgan fingerprint density at radius 1 is 0.308 bits per heavy atom. The van der Waals surface area contributed by atoms with Crippen molar-refractivity contribution in [3.63, 3.8) is 0 Å². The van der Waals surface area contributed by atoms with Crippen molar-refractivity contribution >= 4 is 41.0 Å². The summed E-state index contributed by atoms with van der Waals surface area (Å²) in [4.78, 5) is 37.0. The standard InChI is InChI=1S/C54H57BO6.2C2H6/c1-28-34(7)49(35(8)29(2)46(28)40-16-22-43(23-17-40)52(56)59-13)55(50-36(9)30(3)47(31(4)37(50)10)41-18-24-44(25-19-41)53(57)60-14)51-38(11)32(5)48(33(6)39(51)12)42-20-26-45(27-21-42)54(58)61-15;2*1-2/h16-27H,1-15H3;2*1-2H3. The summed E-state index contributed by atoms with van der Waals surface area (Å²) in [7, 11) is 4.21. The molecule has 0 N–H and O–H groups in total. The Morgan fingerprint density at radius 3 is 0.631 bits per heavy atom. The Kier molecular flexibility index (Phi) is 17.1. The second kappa shape index (κ2) is 21.7. The van der Waals surface area contributed by atoms with Crippen LogP contribution in [0.3, 0.4) is 0 Å². The van der Waals surface area contributed by atoms with Crippen LogP contribution in [0.1, 0.15) is 126 Å². The molecule has 0 bridgehead atoms. The predicted octanol–water partition coefficient (Wildman–Crippen LogP) is 12.3. The molecule has 0 unspecified atom stereocenters. The second-order valence-electron chi connectivity index (χ2n) is 16.5. The van der Waals surface area contributed by atoms with Gasteiger partial charge in [-0.3, -0.25) is 0 Å². The molecule has 0 aliphatic carbocycles. The van der Waals surface area contributed by atoms with E-state index in [1.54, 1.807) is 0 Å². The van der Waals surface area contributed by atoms with Gasteiger partial charge in [-0.25, -0.2) is 14.4 Å². The van der Waals surface area contributed by atoms with Gasteiger partial charge in [0.25, 0.3) is 0 Å². The fourth-order valence-corrected chi connectivity index (χ4v) is 9.73. The fourth-order valence-electron chi connectivity index (χ4n) is 9.73. The molecule has 340 valence electrons. The third kappa shape index (κ3) is 9.48. The molecule has 0 heterocycles. The van der Waals surface area contributed by atoms with Gasteiger partial charge in [0.2, 0.25) is 6.71 Å². The molecular formula is C58H69BO6. The van der Waals surface area contributed by atoms with E-state index in [-0.39, 0.29) is 24.6 Å². The predicted molar refractivity (Wildman–Crippen MR) is 274 cm³/mol. The number of esters is 3. The van der Waals surface area contributed by atoms with Gasteiger partial charge in [0.1, 0.15) is 0 Å². The first-order valence-electron chi connectivity index (χ1n) is 22.8. The molecule has 0 aliphatic heterocycles. The molecule has 0 atom stereocenters. The summed E-state index contributed by atoms with van der Waals surface area (Å²) in [5.74, 6) is -1.06. The Morgan fingerprint density at radius 2 is 0.477 bits per heavy atom. The molecule has 0 radical (unpaired) electrons. The van der Waals surface area contributed by atoms with E-state index < -0.39 is 0 Å². The van der Waals surface area contributed by atoms with Crippen LogP contribution in [0.5, 0.6) is 0 Å². The van der Waals surface area contributed by atoms with Crippen LogP contribution in [0, 0.1) is 83.1 Å². The van der Waals surface area contributed by atoms with Gasteiger partial charge in [0.05, 0.1) is 38.0 Å². The molecule has 6 nitrogen and oxygen atoms in total. The van der Waals surface area contributed by atoms with Crippen molar-refractivity contribution in [2.24, 2.45) is 0 Å². The molecule has 65 heavy (non-hydrogen) atoms. The number of carbonyl (C=O) groups is 3. The Bertz CT molecular complexity index is 2350. The van der Waals surface area contributed by atoms with Gasteiger partial charge in [-0.05, 0) is 186 Å². The molecule has 0 saturated carbocycles. The van der Waals surface area contributed by atoms with Gasteiger partial charge >= 0.3 is 17.9 Å². The van der Waals surface area contributed by atoms with E-state index in [0.717, 1.165) is 16.7 Å². The first-order valence-corrected chi connectivity index (χ1v) is 22.8. The van der Waals surface area contributed by atoms with E-state index in [1.807, 2.05) is 100 Å². The number of rotatable bonds is 9.